The van der Waals surface area contributed by atoms with Crippen LogP contribution in [0.1, 0.15) is 16.1 Å². The van der Waals surface area contributed by atoms with E-state index in [2.05, 4.69) is 10.3 Å². The van der Waals surface area contributed by atoms with Gasteiger partial charge in [0, 0.05) is 22.9 Å². The molecular weight excluding hydrogens is 260 g/mol. The van der Waals surface area contributed by atoms with Crippen molar-refractivity contribution in [2.75, 3.05) is 11.6 Å². The summed E-state index contributed by atoms with van der Waals surface area (Å²) in [7, 11) is 0. The zero-order valence-corrected chi connectivity index (χ0v) is 11.5. The zero-order chi connectivity index (χ0) is 13.8. The molecule has 0 atom stereocenters. The van der Waals surface area contributed by atoms with E-state index in [1.54, 1.807) is 6.92 Å². The van der Waals surface area contributed by atoms with Gasteiger partial charge in [-0.25, -0.2) is 0 Å². The lowest BCUT2D eigenvalue weighted by Crippen LogP contribution is -2.21. The Morgan fingerprint density at radius 3 is 2.74 bits per heavy atom. The monoisotopic (exact) mass is 274 g/mol. The molecule has 0 fully saturated rings. The van der Waals surface area contributed by atoms with Gasteiger partial charge >= 0.3 is 0 Å². The standard InChI is InChI=1S/C14H14N2O2S/c1-9-7-12(17)10(8-15-9)14(18)16-11-5-3-4-6-13(11)19-2/h3-8H,1-2H3,(H,15,17)(H,16,18). The van der Waals surface area contributed by atoms with Crippen molar-refractivity contribution in [3.8, 4) is 0 Å². The van der Waals surface area contributed by atoms with Gasteiger partial charge in [0.1, 0.15) is 5.56 Å². The number of aromatic amines is 1. The number of thioether (sulfide) groups is 1. The summed E-state index contributed by atoms with van der Waals surface area (Å²) in [4.78, 5) is 27.6. The molecule has 0 unspecified atom stereocenters. The Bertz CT molecular complexity index is 664. The van der Waals surface area contributed by atoms with Gasteiger partial charge in [-0.15, -0.1) is 11.8 Å². The van der Waals surface area contributed by atoms with Crippen LogP contribution in [-0.4, -0.2) is 17.1 Å². The van der Waals surface area contributed by atoms with Gasteiger partial charge in [-0.1, -0.05) is 12.1 Å². The minimum atomic E-state index is -0.400. The normalized spacial score (nSPS) is 10.2. The highest BCUT2D eigenvalue weighted by Gasteiger charge is 2.12. The Morgan fingerprint density at radius 1 is 1.32 bits per heavy atom. The maximum atomic E-state index is 12.1. The van der Waals surface area contributed by atoms with Gasteiger partial charge in [0.25, 0.3) is 5.91 Å². The molecule has 0 aliphatic heterocycles. The van der Waals surface area contributed by atoms with Crippen LogP contribution in [0.5, 0.6) is 0 Å². The summed E-state index contributed by atoms with van der Waals surface area (Å²) < 4.78 is 0. The van der Waals surface area contributed by atoms with Crippen LogP contribution < -0.4 is 10.7 Å². The highest BCUT2D eigenvalue weighted by molar-refractivity contribution is 7.98. The number of hydrogen-bond acceptors (Lipinski definition) is 3. The average Bonchev–Trinajstić information content (AvgIpc) is 2.39. The van der Waals surface area contributed by atoms with Crippen LogP contribution in [0.4, 0.5) is 5.69 Å². The number of anilines is 1. The van der Waals surface area contributed by atoms with Crippen LogP contribution in [0.3, 0.4) is 0 Å². The van der Waals surface area contributed by atoms with Crippen LogP contribution in [-0.2, 0) is 0 Å². The van der Waals surface area contributed by atoms with Gasteiger partial charge in [-0.05, 0) is 25.3 Å². The second-order valence-corrected chi connectivity index (χ2v) is 4.90. The molecule has 0 aliphatic carbocycles. The number of benzene rings is 1. The van der Waals surface area contributed by atoms with Crippen molar-refractivity contribution in [1.29, 1.82) is 0 Å². The topological polar surface area (TPSA) is 62.0 Å². The molecule has 0 saturated heterocycles. The number of para-hydroxylation sites is 1. The third-order valence-electron chi connectivity index (χ3n) is 2.66. The Kier molecular flexibility index (Phi) is 4.06. The van der Waals surface area contributed by atoms with E-state index in [0.717, 1.165) is 10.6 Å². The summed E-state index contributed by atoms with van der Waals surface area (Å²) in [5, 5.41) is 2.76. The molecule has 1 heterocycles. The summed E-state index contributed by atoms with van der Waals surface area (Å²) in [6.45, 7) is 1.77. The quantitative estimate of drug-likeness (QED) is 0.846. The van der Waals surface area contributed by atoms with Gasteiger partial charge in [0.05, 0.1) is 5.69 Å². The van der Waals surface area contributed by atoms with E-state index < -0.39 is 5.91 Å². The fourth-order valence-electron chi connectivity index (χ4n) is 1.69. The molecule has 19 heavy (non-hydrogen) atoms. The number of aromatic nitrogens is 1. The smallest absolute Gasteiger partial charge is 0.261 e. The fourth-order valence-corrected chi connectivity index (χ4v) is 2.24. The van der Waals surface area contributed by atoms with Gasteiger partial charge in [0.2, 0.25) is 0 Å². The van der Waals surface area contributed by atoms with Crippen molar-refractivity contribution in [3.05, 3.63) is 58.0 Å². The third-order valence-corrected chi connectivity index (χ3v) is 3.45. The number of amides is 1. The lowest BCUT2D eigenvalue weighted by molar-refractivity contribution is 0.102. The zero-order valence-electron chi connectivity index (χ0n) is 10.7. The Hall–Kier alpha value is -2.01. The van der Waals surface area contributed by atoms with Crippen molar-refractivity contribution >= 4 is 23.4 Å². The highest BCUT2D eigenvalue weighted by atomic mass is 32.2. The summed E-state index contributed by atoms with van der Waals surface area (Å²) in [5.41, 5.74) is 1.27. The molecule has 2 N–H and O–H groups in total. The molecule has 5 heteroatoms. The highest BCUT2D eigenvalue weighted by Crippen LogP contribution is 2.24. The molecule has 1 amide bonds. The van der Waals surface area contributed by atoms with Gasteiger partial charge in [0.15, 0.2) is 5.43 Å². The van der Waals surface area contributed by atoms with Crippen molar-refractivity contribution in [2.45, 2.75) is 11.8 Å². The molecule has 0 bridgehead atoms. The maximum Gasteiger partial charge on any atom is 0.261 e. The first-order valence-electron chi connectivity index (χ1n) is 5.75. The Balaban J connectivity index is 2.28. The second kappa shape index (κ2) is 5.75. The summed E-state index contributed by atoms with van der Waals surface area (Å²) in [6, 6.07) is 8.88. The number of rotatable bonds is 3. The lowest BCUT2D eigenvalue weighted by atomic mass is 10.2. The van der Waals surface area contributed by atoms with Crippen molar-refractivity contribution < 1.29 is 4.79 Å². The van der Waals surface area contributed by atoms with Crippen LogP contribution in [0.25, 0.3) is 0 Å². The summed E-state index contributed by atoms with van der Waals surface area (Å²) >= 11 is 1.54. The van der Waals surface area contributed by atoms with E-state index in [-0.39, 0.29) is 11.0 Å². The molecule has 1 aromatic carbocycles. The first kappa shape index (κ1) is 13.4. The number of H-pyrrole nitrogens is 1. The van der Waals surface area contributed by atoms with Crippen LogP contribution in [0.15, 0.2) is 46.2 Å². The maximum absolute atomic E-state index is 12.1. The molecule has 98 valence electrons. The molecule has 0 saturated carbocycles. The van der Waals surface area contributed by atoms with Crippen molar-refractivity contribution in [3.63, 3.8) is 0 Å². The van der Waals surface area contributed by atoms with Crippen LogP contribution in [0, 0.1) is 6.92 Å². The molecular formula is C14H14N2O2S. The van der Waals surface area contributed by atoms with E-state index in [0.29, 0.717) is 5.69 Å². The molecule has 0 aliphatic rings. The molecule has 2 aromatic rings. The number of carbonyl (C=O) groups excluding carboxylic acids is 1. The Labute approximate surface area is 115 Å². The van der Waals surface area contributed by atoms with Crippen molar-refractivity contribution in [1.82, 2.24) is 4.98 Å². The fraction of sp³-hybridized carbons (Fsp3) is 0.143. The summed E-state index contributed by atoms with van der Waals surface area (Å²) in [6.07, 6.45) is 3.37. The number of aryl methyl sites for hydroxylation is 1. The van der Waals surface area contributed by atoms with E-state index in [1.165, 1.54) is 24.0 Å². The van der Waals surface area contributed by atoms with Gasteiger partial charge in [-0.2, -0.15) is 0 Å². The molecule has 0 spiro atoms. The lowest BCUT2D eigenvalue weighted by Gasteiger charge is -2.08. The number of hydrogen-bond donors (Lipinski definition) is 2. The predicted molar refractivity (Wildman–Crippen MR) is 78.0 cm³/mol. The largest absolute Gasteiger partial charge is 0.364 e. The van der Waals surface area contributed by atoms with E-state index in [1.807, 2.05) is 30.5 Å². The van der Waals surface area contributed by atoms with Crippen LogP contribution in [0.2, 0.25) is 0 Å². The number of nitrogens with one attached hydrogen (secondary N) is 2. The average molecular weight is 274 g/mol. The number of pyridine rings is 1. The Morgan fingerprint density at radius 2 is 2.05 bits per heavy atom. The van der Waals surface area contributed by atoms with E-state index in [4.69, 9.17) is 0 Å². The van der Waals surface area contributed by atoms with Gasteiger partial charge < -0.3 is 10.3 Å². The predicted octanol–water partition coefficient (Wildman–Crippen LogP) is 2.66. The first-order valence-corrected chi connectivity index (χ1v) is 6.98. The third kappa shape index (κ3) is 3.06. The van der Waals surface area contributed by atoms with Crippen LogP contribution >= 0.6 is 11.8 Å². The molecule has 0 radical (unpaired) electrons. The van der Waals surface area contributed by atoms with Crippen molar-refractivity contribution in [2.24, 2.45) is 0 Å². The first-order chi connectivity index (χ1) is 9.11. The van der Waals surface area contributed by atoms with Gasteiger partial charge in [-0.3, -0.25) is 9.59 Å². The molecule has 1 aromatic heterocycles. The van der Waals surface area contributed by atoms with E-state index >= 15 is 0 Å². The molecule has 2 rings (SSSR count). The second-order valence-electron chi connectivity index (χ2n) is 4.05. The SMILES string of the molecule is CSc1ccccc1NC(=O)c1c[nH]c(C)cc1=O. The minimum Gasteiger partial charge on any atom is -0.364 e. The molecule has 4 nitrogen and oxygen atoms in total. The number of carbonyl (C=O) groups is 1. The van der Waals surface area contributed by atoms with E-state index in [9.17, 15) is 9.59 Å². The minimum absolute atomic E-state index is 0.113. The summed E-state index contributed by atoms with van der Waals surface area (Å²) in [5.74, 6) is -0.400.